The van der Waals surface area contributed by atoms with Crippen LogP contribution in [-0.4, -0.2) is 12.1 Å². The molecule has 1 heterocycles. The van der Waals surface area contributed by atoms with Crippen LogP contribution in [0.3, 0.4) is 0 Å². The second kappa shape index (κ2) is 10.6. The molecule has 2 nitrogen and oxygen atoms in total. The van der Waals surface area contributed by atoms with Crippen LogP contribution < -0.4 is 4.74 Å². The molecule has 0 unspecified atom stereocenters. The van der Waals surface area contributed by atoms with Crippen molar-refractivity contribution in [2.75, 3.05) is 7.11 Å². The average Bonchev–Trinajstić information content (AvgIpc) is 3.02. The zero-order chi connectivity index (χ0) is 25.7. The number of methoxy groups -OCH3 is 1. The van der Waals surface area contributed by atoms with Crippen LogP contribution in [0.4, 0.5) is 0 Å². The molecule has 1 aromatic heterocycles. The van der Waals surface area contributed by atoms with Gasteiger partial charge in [0.15, 0.2) is 5.75 Å². The van der Waals surface area contributed by atoms with Crippen molar-refractivity contribution in [1.82, 2.24) is 4.98 Å². The summed E-state index contributed by atoms with van der Waals surface area (Å²) >= 11 is 0. The van der Waals surface area contributed by atoms with E-state index in [-0.39, 0.29) is 0 Å². The monoisotopic (exact) mass is 489 g/mol. The van der Waals surface area contributed by atoms with Gasteiger partial charge >= 0.3 is 0 Å². The number of benzene rings is 5. The molecule has 0 saturated heterocycles. The first-order valence-electron chi connectivity index (χ1n) is 12.8. The van der Waals surface area contributed by atoms with Gasteiger partial charge in [-0.15, -0.1) is 0 Å². The predicted octanol–water partition coefficient (Wildman–Crippen LogP) is 9.43. The molecule has 38 heavy (non-hydrogen) atoms. The van der Waals surface area contributed by atoms with E-state index in [0.29, 0.717) is 0 Å². The Bertz CT molecular complexity index is 1640. The lowest BCUT2D eigenvalue weighted by Gasteiger charge is -2.16. The van der Waals surface area contributed by atoms with Gasteiger partial charge in [0.2, 0.25) is 0 Å². The van der Waals surface area contributed by atoms with Gasteiger partial charge in [-0.3, -0.25) is 0 Å². The molecule has 0 aliphatic rings. The van der Waals surface area contributed by atoms with E-state index in [9.17, 15) is 0 Å². The highest BCUT2D eigenvalue weighted by molar-refractivity contribution is 5.85. The van der Waals surface area contributed by atoms with Crippen molar-refractivity contribution >= 4 is 0 Å². The average molecular weight is 490 g/mol. The summed E-state index contributed by atoms with van der Waals surface area (Å²) < 4.78 is 6.01. The maximum Gasteiger partial charge on any atom is 0.152 e. The molecule has 0 spiro atoms. The second-order valence-electron chi connectivity index (χ2n) is 9.19. The summed E-state index contributed by atoms with van der Waals surface area (Å²) in [5, 5.41) is 0. The van der Waals surface area contributed by atoms with Crippen molar-refractivity contribution < 1.29 is 4.74 Å². The van der Waals surface area contributed by atoms with Crippen molar-refractivity contribution in [2.45, 2.75) is 0 Å². The maximum atomic E-state index is 6.01. The van der Waals surface area contributed by atoms with Gasteiger partial charge in [-0.25, -0.2) is 4.98 Å². The minimum atomic E-state index is 0.772. The lowest BCUT2D eigenvalue weighted by molar-refractivity contribution is 0.416. The summed E-state index contributed by atoms with van der Waals surface area (Å²) in [6, 6.07) is 50.5. The van der Waals surface area contributed by atoms with E-state index in [4.69, 9.17) is 9.72 Å². The number of hydrogen-bond donors (Lipinski definition) is 0. The lowest BCUT2D eigenvalue weighted by atomic mass is 9.96. The molecule has 6 aromatic rings. The Hall–Kier alpha value is -4.95. The first-order valence-corrected chi connectivity index (χ1v) is 12.8. The van der Waals surface area contributed by atoms with E-state index in [1.54, 1.807) is 7.11 Å². The van der Waals surface area contributed by atoms with E-state index in [0.717, 1.165) is 39.4 Å². The fourth-order valence-electron chi connectivity index (χ4n) is 4.83. The molecule has 0 fully saturated rings. The van der Waals surface area contributed by atoms with E-state index in [1.165, 1.54) is 22.3 Å². The third-order valence-electron chi connectivity index (χ3n) is 6.82. The third kappa shape index (κ3) is 4.72. The van der Waals surface area contributed by atoms with Gasteiger partial charge in [0.25, 0.3) is 0 Å². The van der Waals surface area contributed by atoms with Crippen LogP contribution >= 0.6 is 0 Å². The van der Waals surface area contributed by atoms with E-state index >= 15 is 0 Å². The van der Waals surface area contributed by atoms with Gasteiger partial charge in [-0.2, -0.15) is 0 Å². The number of nitrogens with zero attached hydrogens (tertiary/aromatic N) is 1. The van der Waals surface area contributed by atoms with Crippen LogP contribution in [0.25, 0.3) is 55.9 Å². The molecule has 0 saturated carbocycles. The molecule has 0 bridgehead atoms. The number of pyridine rings is 1. The van der Waals surface area contributed by atoms with Crippen LogP contribution in [0.2, 0.25) is 0 Å². The van der Waals surface area contributed by atoms with Crippen LogP contribution in [0.1, 0.15) is 0 Å². The van der Waals surface area contributed by atoms with E-state index in [1.807, 2.05) is 18.2 Å². The topological polar surface area (TPSA) is 22.1 Å². The van der Waals surface area contributed by atoms with Gasteiger partial charge in [0.1, 0.15) is 5.69 Å². The Balaban J connectivity index is 1.47. The van der Waals surface area contributed by atoms with Gasteiger partial charge in [-0.1, -0.05) is 140 Å². The van der Waals surface area contributed by atoms with Crippen molar-refractivity contribution in [2.24, 2.45) is 0 Å². The van der Waals surface area contributed by atoms with Crippen molar-refractivity contribution in [3.05, 3.63) is 146 Å². The Morgan fingerprint density at radius 3 is 1.29 bits per heavy atom. The van der Waals surface area contributed by atoms with Crippen molar-refractivity contribution in [1.29, 1.82) is 0 Å². The fraction of sp³-hybridized carbons (Fsp3) is 0.0278. The highest BCUT2D eigenvalue weighted by Gasteiger charge is 2.18. The smallest absolute Gasteiger partial charge is 0.152 e. The molecule has 5 aromatic carbocycles. The Morgan fingerprint density at radius 1 is 0.421 bits per heavy atom. The van der Waals surface area contributed by atoms with Crippen LogP contribution in [-0.2, 0) is 0 Å². The molecule has 0 aliphatic heterocycles. The standard InChI is InChI=1S/C36H27NO/c1-38-36-33(30-15-9-4-10-16-30)25-34(31-21-17-28(18-22-31)26-11-5-2-6-12-26)37-35(36)32-23-19-29(20-24-32)27-13-7-3-8-14-27/h2-25H,1H3. The Morgan fingerprint density at radius 2 is 0.816 bits per heavy atom. The number of hydrogen-bond acceptors (Lipinski definition) is 2. The quantitative estimate of drug-likeness (QED) is 0.232. The molecule has 2 heteroatoms. The summed E-state index contributed by atoms with van der Waals surface area (Å²) in [7, 11) is 1.72. The highest BCUT2D eigenvalue weighted by atomic mass is 16.5. The molecule has 6 rings (SSSR count). The summed E-state index contributed by atoms with van der Waals surface area (Å²) in [5.41, 5.74) is 10.7. The second-order valence-corrected chi connectivity index (χ2v) is 9.19. The first-order chi connectivity index (χ1) is 18.8. The fourth-order valence-corrected chi connectivity index (χ4v) is 4.83. The molecule has 0 N–H and O–H groups in total. The zero-order valence-electron chi connectivity index (χ0n) is 21.2. The van der Waals surface area contributed by atoms with Crippen LogP contribution in [0.5, 0.6) is 5.75 Å². The van der Waals surface area contributed by atoms with Crippen LogP contribution in [0.15, 0.2) is 146 Å². The summed E-state index contributed by atoms with van der Waals surface area (Å²) in [4.78, 5) is 5.15. The minimum Gasteiger partial charge on any atom is -0.494 e. The van der Waals surface area contributed by atoms with E-state index in [2.05, 4.69) is 127 Å². The largest absolute Gasteiger partial charge is 0.494 e. The zero-order valence-corrected chi connectivity index (χ0v) is 21.2. The van der Waals surface area contributed by atoms with Crippen molar-refractivity contribution in [3.63, 3.8) is 0 Å². The summed E-state index contributed by atoms with van der Waals surface area (Å²) in [5.74, 6) is 0.772. The maximum absolute atomic E-state index is 6.01. The molecular formula is C36H27NO. The van der Waals surface area contributed by atoms with Gasteiger partial charge in [0, 0.05) is 16.7 Å². The van der Waals surface area contributed by atoms with Crippen LogP contribution in [0, 0.1) is 0 Å². The van der Waals surface area contributed by atoms with Gasteiger partial charge < -0.3 is 4.74 Å². The molecule has 0 aliphatic carbocycles. The number of rotatable bonds is 6. The molecule has 182 valence electrons. The van der Waals surface area contributed by atoms with Crippen molar-refractivity contribution in [3.8, 4) is 61.6 Å². The van der Waals surface area contributed by atoms with Gasteiger partial charge in [0.05, 0.1) is 12.8 Å². The Labute approximate surface area is 223 Å². The molecular weight excluding hydrogens is 462 g/mol. The first kappa shape index (κ1) is 23.4. The van der Waals surface area contributed by atoms with Gasteiger partial charge in [-0.05, 0) is 33.9 Å². The summed E-state index contributed by atoms with van der Waals surface area (Å²) in [6.07, 6.45) is 0. The SMILES string of the molecule is COc1c(-c2ccccc2)cc(-c2ccc(-c3ccccc3)cc2)nc1-c1ccc(-c2ccccc2)cc1. The number of ether oxygens (including phenoxy) is 1. The molecule has 0 atom stereocenters. The third-order valence-corrected chi connectivity index (χ3v) is 6.82. The Kier molecular flexibility index (Phi) is 6.53. The lowest BCUT2D eigenvalue weighted by Crippen LogP contribution is -1.98. The predicted molar refractivity (Wildman–Crippen MR) is 158 cm³/mol. The minimum absolute atomic E-state index is 0.772. The highest BCUT2D eigenvalue weighted by Crippen LogP contribution is 2.41. The summed E-state index contributed by atoms with van der Waals surface area (Å²) in [6.45, 7) is 0. The van der Waals surface area contributed by atoms with E-state index < -0.39 is 0 Å². The molecule has 0 amide bonds. The number of aromatic nitrogens is 1. The normalized spacial score (nSPS) is 10.8. The molecule has 0 radical (unpaired) electrons.